The molecule has 6 nitrogen and oxygen atoms in total. The standard InChI is InChI=1S/C12H27N3O3S/c1-13-7-3-9-15(2)19(16,17)14-8-4-10-18-11-12-5-6-12/h12-14H,3-11H2,1-2H3. The van der Waals surface area contributed by atoms with Gasteiger partial charge in [-0.1, -0.05) is 0 Å². The Morgan fingerprint density at radius 3 is 2.63 bits per heavy atom. The molecule has 0 aromatic carbocycles. The first-order valence-electron chi connectivity index (χ1n) is 6.99. The van der Waals surface area contributed by atoms with Crippen molar-refractivity contribution in [2.45, 2.75) is 25.7 Å². The second-order valence-electron chi connectivity index (χ2n) is 5.05. The Morgan fingerprint density at radius 2 is 2.00 bits per heavy atom. The lowest BCUT2D eigenvalue weighted by atomic mass is 10.4. The van der Waals surface area contributed by atoms with E-state index < -0.39 is 10.2 Å². The number of ether oxygens (including phenoxy) is 1. The van der Waals surface area contributed by atoms with Crippen LogP contribution in [-0.2, 0) is 14.9 Å². The van der Waals surface area contributed by atoms with Crippen molar-refractivity contribution in [3.8, 4) is 0 Å². The van der Waals surface area contributed by atoms with Gasteiger partial charge in [0.25, 0.3) is 10.2 Å². The Hall–Kier alpha value is -0.210. The lowest BCUT2D eigenvalue weighted by molar-refractivity contribution is 0.123. The van der Waals surface area contributed by atoms with E-state index >= 15 is 0 Å². The van der Waals surface area contributed by atoms with Crippen LogP contribution in [0.25, 0.3) is 0 Å². The summed E-state index contributed by atoms with van der Waals surface area (Å²) >= 11 is 0. The van der Waals surface area contributed by atoms with Crippen LogP contribution in [0.3, 0.4) is 0 Å². The fraction of sp³-hybridized carbons (Fsp3) is 1.00. The summed E-state index contributed by atoms with van der Waals surface area (Å²) in [5.74, 6) is 0.759. The number of hydrogen-bond donors (Lipinski definition) is 2. The molecule has 1 rings (SSSR count). The average Bonchev–Trinajstić information content (AvgIpc) is 3.17. The van der Waals surface area contributed by atoms with Crippen molar-refractivity contribution in [1.29, 1.82) is 0 Å². The fourth-order valence-electron chi connectivity index (χ4n) is 1.62. The molecule has 0 unspecified atom stereocenters. The molecule has 0 atom stereocenters. The van der Waals surface area contributed by atoms with Crippen molar-refractivity contribution < 1.29 is 13.2 Å². The first-order valence-corrected chi connectivity index (χ1v) is 8.43. The summed E-state index contributed by atoms with van der Waals surface area (Å²) in [6.45, 7) is 3.23. The van der Waals surface area contributed by atoms with Crippen LogP contribution in [0.15, 0.2) is 0 Å². The van der Waals surface area contributed by atoms with Gasteiger partial charge in [-0.2, -0.15) is 12.7 Å². The van der Waals surface area contributed by atoms with E-state index in [1.165, 1.54) is 17.1 Å². The van der Waals surface area contributed by atoms with Gasteiger partial charge in [-0.15, -0.1) is 0 Å². The number of nitrogens with one attached hydrogen (secondary N) is 2. The Morgan fingerprint density at radius 1 is 1.26 bits per heavy atom. The van der Waals surface area contributed by atoms with Gasteiger partial charge < -0.3 is 10.1 Å². The normalized spacial score (nSPS) is 16.2. The molecule has 1 fully saturated rings. The molecule has 0 aromatic heterocycles. The SMILES string of the molecule is CNCCCN(C)S(=O)(=O)NCCCOCC1CC1. The minimum Gasteiger partial charge on any atom is -0.381 e. The van der Waals surface area contributed by atoms with Crippen LogP contribution in [0.4, 0.5) is 0 Å². The summed E-state index contributed by atoms with van der Waals surface area (Å²) in [7, 11) is 0.122. The van der Waals surface area contributed by atoms with E-state index in [0.29, 0.717) is 19.7 Å². The monoisotopic (exact) mass is 293 g/mol. The molecule has 19 heavy (non-hydrogen) atoms. The second kappa shape index (κ2) is 8.86. The van der Waals surface area contributed by atoms with Crippen LogP contribution in [0.2, 0.25) is 0 Å². The molecule has 0 heterocycles. The van der Waals surface area contributed by atoms with E-state index in [9.17, 15) is 8.42 Å². The Bertz CT molecular complexity index is 331. The summed E-state index contributed by atoms with van der Waals surface area (Å²) in [5.41, 5.74) is 0. The van der Waals surface area contributed by atoms with Crippen LogP contribution in [-0.4, -0.2) is 59.7 Å². The Labute approximate surface area is 117 Å². The minimum absolute atomic E-state index is 0.434. The maximum Gasteiger partial charge on any atom is 0.279 e. The molecule has 0 aromatic rings. The molecule has 0 saturated heterocycles. The van der Waals surface area contributed by atoms with Crippen LogP contribution < -0.4 is 10.0 Å². The van der Waals surface area contributed by atoms with Gasteiger partial charge in [-0.05, 0) is 45.2 Å². The average molecular weight is 293 g/mol. The van der Waals surface area contributed by atoms with E-state index in [4.69, 9.17) is 4.74 Å². The van der Waals surface area contributed by atoms with Crippen molar-refractivity contribution in [1.82, 2.24) is 14.3 Å². The predicted octanol–water partition coefficient (Wildman–Crippen LogP) is 0.179. The van der Waals surface area contributed by atoms with E-state index in [-0.39, 0.29) is 0 Å². The molecule has 1 aliphatic carbocycles. The van der Waals surface area contributed by atoms with Gasteiger partial charge >= 0.3 is 0 Å². The molecule has 1 saturated carbocycles. The minimum atomic E-state index is -3.33. The highest BCUT2D eigenvalue weighted by Crippen LogP contribution is 2.28. The molecule has 0 spiro atoms. The highest BCUT2D eigenvalue weighted by molar-refractivity contribution is 7.87. The first-order chi connectivity index (χ1) is 9.06. The zero-order valence-corrected chi connectivity index (χ0v) is 12.8. The first kappa shape index (κ1) is 16.8. The summed E-state index contributed by atoms with van der Waals surface area (Å²) in [6.07, 6.45) is 4.09. The summed E-state index contributed by atoms with van der Waals surface area (Å²) in [4.78, 5) is 0. The maximum absolute atomic E-state index is 11.8. The zero-order chi connectivity index (χ0) is 14.1. The van der Waals surface area contributed by atoms with Crippen molar-refractivity contribution in [3.05, 3.63) is 0 Å². The van der Waals surface area contributed by atoms with Gasteiger partial charge in [0.15, 0.2) is 0 Å². The molecule has 0 amide bonds. The number of hydrogen-bond acceptors (Lipinski definition) is 4. The largest absolute Gasteiger partial charge is 0.381 e. The van der Waals surface area contributed by atoms with E-state index in [1.807, 2.05) is 7.05 Å². The smallest absolute Gasteiger partial charge is 0.279 e. The molecule has 114 valence electrons. The molecular formula is C12H27N3O3S. The highest BCUT2D eigenvalue weighted by Gasteiger charge is 2.21. The van der Waals surface area contributed by atoms with Crippen molar-refractivity contribution in [2.24, 2.45) is 5.92 Å². The van der Waals surface area contributed by atoms with E-state index in [0.717, 1.165) is 31.9 Å². The van der Waals surface area contributed by atoms with Crippen LogP contribution >= 0.6 is 0 Å². The van der Waals surface area contributed by atoms with Crippen molar-refractivity contribution in [3.63, 3.8) is 0 Å². The van der Waals surface area contributed by atoms with Crippen molar-refractivity contribution >= 4 is 10.2 Å². The number of nitrogens with zero attached hydrogens (tertiary/aromatic N) is 1. The lowest BCUT2D eigenvalue weighted by Gasteiger charge is -2.17. The molecule has 0 bridgehead atoms. The molecule has 0 aliphatic heterocycles. The molecule has 0 radical (unpaired) electrons. The second-order valence-corrected chi connectivity index (χ2v) is 6.91. The summed E-state index contributed by atoms with van der Waals surface area (Å²) in [5, 5.41) is 3.00. The highest BCUT2D eigenvalue weighted by atomic mass is 32.2. The zero-order valence-electron chi connectivity index (χ0n) is 12.0. The molecular weight excluding hydrogens is 266 g/mol. The number of rotatable bonds is 12. The van der Waals surface area contributed by atoms with Gasteiger partial charge in [0, 0.05) is 33.4 Å². The third-order valence-electron chi connectivity index (χ3n) is 3.11. The van der Waals surface area contributed by atoms with Crippen LogP contribution in [0.5, 0.6) is 0 Å². The quantitative estimate of drug-likeness (QED) is 0.504. The summed E-state index contributed by atoms with van der Waals surface area (Å²) < 4.78 is 33.1. The van der Waals surface area contributed by atoms with E-state index in [2.05, 4.69) is 10.0 Å². The third kappa shape index (κ3) is 7.84. The molecule has 7 heteroatoms. The van der Waals surface area contributed by atoms with Crippen LogP contribution in [0, 0.1) is 5.92 Å². The van der Waals surface area contributed by atoms with Gasteiger partial charge in [-0.25, -0.2) is 4.72 Å². The topological polar surface area (TPSA) is 70.7 Å². The van der Waals surface area contributed by atoms with E-state index in [1.54, 1.807) is 7.05 Å². The summed E-state index contributed by atoms with van der Waals surface area (Å²) in [6, 6.07) is 0. The molecule has 1 aliphatic rings. The van der Waals surface area contributed by atoms with Crippen molar-refractivity contribution in [2.75, 3.05) is 46.9 Å². The Balaban J connectivity index is 2.03. The van der Waals surface area contributed by atoms with Gasteiger partial charge in [0.05, 0.1) is 0 Å². The third-order valence-corrected chi connectivity index (χ3v) is 4.68. The van der Waals surface area contributed by atoms with Gasteiger partial charge in [-0.3, -0.25) is 0 Å². The van der Waals surface area contributed by atoms with Crippen LogP contribution in [0.1, 0.15) is 25.7 Å². The maximum atomic E-state index is 11.8. The predicted molar refractivity (Wildman–Crippen MR) is 76.3 cm³/mol. The van der Waals surface area contributed by atoms with Gasteiger partial charge in [0.1, 0.15) is 0 Å². The fourth-order valence-corrected chi connectivity index (χ4v) is 2.61. The van der Waals surface area contributed by atoms with Gasteiger partial charge in [0.2, 0.25) is 0 Å². The Kier molecular flexibility index (Phi) is 7.86. The lowest BCUT2D eigenvalue weighted by Crippen LogP contribution is -2.39. The molecule has 2 N–H and O–H groups in total.